The van der Waals surface area contributed by atoms with Crippen molar-refractivity contribution in [3.8, 4) is 28.5 Å². The summed E-state index contributed by atoms with van der Waals surface area (Å²) >= 11 is 1.27. The summed E-state index contributed by atoms with van der Waals surface area (Å²) in [7, 11) is 1.90. The number of amides is 1. The van der Waals surface area contributed by atoms with Gasteiger partial charge in [0.05, 0.1) is 11.6 Å². The lowest BCUT2D eigenvalue weighted by Gasteiger charge is -2.37. The highest BCUT2D eigenvalue weighted by atomic mass is 32.1. The number of thiazole rings is 1. The van der Waals surface area contributed by atoms with Crippen molar-refractivity contribution in [3.63, 3.8) is 0 Å². The van der Waals surface area contributed by atoms with E-state index in [1.807, 2.05) is 46.5 Å². The minimum absolute atomic E-state index is 0.163. The number of nitriles is 1. The molecule has 1 aliphatic rings. The Balaban J connectivity index is 1.34. The van der Waals surface area contributed by atoms with Gasteiger partial charge in [-0.3, -0.25) is 9.20 Å². The third-order valence-electron chi connectivity index (χ3n) is 6.98. The highest BCUT2D eigenvalue weighted by molar-refractivity contribution is 7.16. The largest absolute Gasteiger partial charge is 0.369 e. The molecule has 2 N–H and O–H groups in total. The van der Waals surface area contributed by atoms with E-state index in [2.05, 4.69) is 16.0 Å². The highest BCUT2D eigenvalue weighted by Gasteiger charge is 2.32. The fourth-order valence-corrected chi connectivity index (χ4v) is 5.57. The average Bonchev–Trinajstić information content (AvgIpc) is 3.54. The first-order valence-electron chi connectivity index (χ1n) is 12.6. The number of aryl methyl sites for hydroxylation is 1. The van der Waals surface area contributed by atoms with Crippen molar-refractivity contribution in [2.45, 2.75) is 13.3 Å². The summed E-state index contributed by atoms with van der Waals surface area (Å²) in [5, 5.41) is 10.4. The normalized spacial score (nSPS) is 13.3. The second kappa shape index (κ2) is 10.0. The van der Waals surface area contributed by atoms with Gasteiger partial charge in [-0.15, -0.1) is 0 Å². The quantitative estimate of drug-likeness (QED) is 0.318. The topological polar surface area (TPSA) is 129 Å². The van der Waals surface area contributed by atoms with E-state index in [1.54, 1.807) is 24.5 Å². The molecule has 0 atom stereocenters. The van der Waals surface area contributed by atoms with Crippen molar-refractivity contribution < 1.29 is 9.18 Å². The fraction of sp³-hybridized carbons (Fsp3) is 0.214. The maximum Gasteiger partial charge on any atom is 0.225 e. The number of pyridine rings is 1. The van der Waals surface area contributed by atoms with Crippen molar-refractivity contribution in [2.75, 3.05) is 29.9 Å². The van der Waals surface area contributed by atoms with Gasteiger partial charge in [-0.1, -0.05) is 18.3 Å². The number of anilines is 3. The third kappa shape index (κ3) is 4.40. The van der Waals surface area contributed by atoms with E-state index in [1.165, 1.54) is 23.5 Å². The Kier molecular flexibility index (Phi) is 6.36. The number of nitrogens with two attached hydrogens (primary N) is 1. The molecule has 5 aromatic rings. The number of primary amides is 1. The molecule has 0 radical (unpaired) electrons. The zero-order chi connectivity index (χ0) is 28.0. The summed E-state index contributed by atoms with van der Waals surface area (Å²) in [4.78, 5) is 34.2. The van der Waals surface area contributed by atoms with Gasteiger partial charge in [0.1, 0.15) is 33.9 Å². The first-order valence-corrected chi connectivity index (χ1v) is 13.5. The second-order valence-corrected chi connectivity index (χ2v) is 10.5. The molecule has 0 bridgehead atoms. The van der Waals surface area contributed by atoms with Crippen LogP contribution in [0.4, 0.5) is 21.3 Å². The van der Waals surface area contributed by atoms with Gasteiger partial charge in [0.15, 0.2) is 5.13 Å². The predicted molar refractivity (Wildman–Crippen MR) is 151 cm³/mol. The highest BCUT2D eigenvalue weighted by Crippen LogP contribution is 2.37. The molecule has 200 valence electrons. The average molecular weight is 554 g/mol. The molecule has 0 aliphatic carbocycles. The van der Waals surface area contributed by atoms with Gasteiger partial charge in [-0.05, 0) is 42.8 Å². The summed E-state index contributed by atoms with van der Waals surface area (Å²) < 4.78 is 15.5. The van der Waals surface area contributed by atoms with E-state index < -0.39 is 0 Å². The summed E-state index contributed by atoms with van der Waals surface area (Å²) in [6.07, 6.45) is 6.20. The minimum atomic E-state index is -0.346. The summed E-state index contributed by atoms with van der Waals surface area (Å²) in [5.74, 6) is 0.582. The smallest absolute Gasteiger partial charge is 0.225 e. The van der Waals surface area contributed by atoms with Crippen LogP contribution in [-0.4, -0.2) is 50.4 Å². The minimum Gasteiger partial charge on any atom is -0.369 e. The van der Waals surface area contributed by atoms with Crippen LogP contribution < -0.4 is 15.5 Å². The number of carbonyl (C=O) groups is 1. The number of imidazole rings is 1. The Labute approximate surface area is 233 Å². The zero-order valence-electron chi connectivity index (χ0n) is 21.7. The maximum absolute atomic E-state index is 13.5. The van der Waals surface area contributed by atoms with Gasteiger partial charge in [-0.2, -0.15) is 5.26 Å². The van der Waals surface area contributed by atoms with E-state index in [4.69, 9.17) is 15.7 Å². The van der Waals surface area contributed by atoms with Crippen molar-refractivity contribution in [1.82, 2.24) is 24.3 Å². The lowest BCUT2D eigenvalue weighted by Crippen LogP contribution is -2.53. The molecule has 0 unspecified atom stereocenters. The molecule has 40 heavy (non-hydrogen) atoms. The number of halogens is 1. The first-order chi connectivity index (χ1) is 19.4. The van der Waals surface area contributed by atoms with Crippen molar-refractivity contribution >= 4 is 39.8 Å². The molecule has 12 heteroatoms. The fourth-order valence-electron chi connectivity index (χ4n) is 4.72. The van der Waals surface area contributed by atoms with Crippen molar-refractivity contribution in [2.24, 2.45) is 11.7 Å². The molecule has 1 aliphatic heterocycles. The molecule has 1 aromatic carbocycles. The van der Waals surface area contributed by atoms with Crippen LogP contribution in [0.25, 0.3) is 28.0 Å². The molecule has 0 saturated carbocycles. The maximum atomic E-state index is 13.5. The van der Waals surface area contributed by atoms with Gasteiger partial charge in [-0.25, -0.2) is 24.3 Å². The number of hydrogen-bond donors (Lipinski definition) is 1. The van der Waals surface area contributed by atoms with Crippen LogP contribution in [0.15, 0.2) is 55.0 Å². The number of benzene rings is 1. The standard InChI is InChI=1S/C28H24FN9OS/c1-3-21-26(36(2)28-35-24(22(10-30)40-28)16-4-7-20(29)8-5-16)38-15-17(6-9-23(38)34-21)18-11-32-27(33-12-18)37-13-19(14-37)25(31)39/h4-9,11-12,15,19H,3,13-14H2,1-2H3,(H2,31,39). The third-order valence-corrected chi connectivity index (χ3v) is 8.01. The predicted octanol–water partition coefficient (Wildman–Crippen LogP) is 4.18. The van der Waals surface area contributed by atoms with Crippen LogP contribution in [-0.2, 0) is 11.2 Å². The van der Waals surface area contributed by atoms with Gasteiger partial charge >= 0.3 is 0 Å². The molecule has 5 heterocycles. The monoisotopic (exact) mass is 553 g/mol. The van der Waals surface area contributed by atoms with Crippen molar-refractivity contribution in [1.29, 1.82) is 5.26 Å². The number of rotatable bonds is 7. The van der Waals surface area contributed by atoms with E-state index in [0.29, 0.717) is 46.7 Å². The first kappa shape index (κ1) is 25.4. The SMILES string of the molecule is CCc1nc2ccc(-c3cnc(N4CC(C(N)=O)C4)nc3)cn2c1N(C)c1nc(-c2ccc(F)cc2)c(C#N)s1. The van der Waals surface area contributed by atoms with Gasteiger partial charge < -0.3 is 15.5 Å². The summed E-state index contributed by atoms with van der Waals surface area (Å²) in [5.41, 5.74) is 9.94. The molecule has 1 fully saturated rings. The number of aromatic nitrogens is 5. The Bertz CT molecular complexity index is 1770. The van der Waals surface area contributed by atoms with E-state index in [9.17, 15) is 14.4 Å². The van der Waals surface area contributed by atoms with Crippen molar-refractivity contribution in [3.05, 3.63) is 71.4 Å². The number of carbonyl (C=O) groups excluding carboxylic acids is 1. The van der Waals surface area contributed by atoms with E-state index in [0.717, 1.165) is 28.3 Å². The van der Waals surface area contributed by atoms with Gasteiger partial charge in [0.2, 0.25) is 11.9 Å². The van der Waals surface area contributed by atoms with E-state index >= 15 is 0 Å². The van der Waals surface area contributed by atoms with Gasteiger partial charge in [0.25, 0.3) is 0 Å². The Morgan fingerprint density at radius 1 is 1.12 bits per heavy atom. The zero-order valence-corrected chi connectivity index (χ0v) is 22.6. The molecule has 4 aromatic heterocycles. The van der Waals surface area contributed by atoms with Crippen LogP contribution in [0, 0.1) is 23.1 Å². The van der Waals surface area contributed by atoms with Crippen LogP contribution >= 0.6 is 11.3 Å². The molecule has 1 amide bonds. The molecular formula is C28H24FN9OS. The summed E-state index contributed by atoms with van der Waals surface area (Å²) in [6.45, 7) is 3.09. The molecule has 10 nitrogen and oxygen atoms in total. The second-order valence-electron chi connectivity index (χ2n) is 9.51. The Morgan fingerprint density at radius 3 is 2.48 bits per heavy atom. The van der Waals surface area contributed by atoms with Crippen LogP contribution in [0.2, 0.25) is 0 Å². The number of fused-ring (bicyclic) bond motifs is 1. The van der Waals surface area contributed by atoms with E-state index in [-0.39, 0.29) is 17.6 Å². The molecular weight excluding hydrogens is 529 g/mol. The molecule has 6 rings (SSSR count). The van der Waals surface area contributed by atoms with Crippen LogP contribution in [0.1, 0.15) is 17.5 Å². The Hall–Kier alpha value is -4.89. The summed E-state index contributed by atoms with van der Waals surface area (Å²) in [6, 6.07) is 12.1. The number of hydrogen-bond acceptors (Lipinski definition) is 9. The van der Waals surface area contributed by atoms with Crippen LogP contribution in [0.5, 0.6) is 0 Å². The lowest BCUT2D eigenvalue weighted by molar-refractivity contribution is -0.122. The lowest BCUT2D eigenvalue weighted by atomic mass is 10.0. The van der Waals surface area contributed by atoms with Gasteiger partial charge in [0, 0.05) is 55.4 Å². The molecule has 0 spiro atoms. The molecule has 1 saturated heterocycles. The van der Waals surface area contributed by atoms with Crippen LogP contribution in [0.3, 0.4) is 0 Å². The number of nitrogens with zero attached hydrogens (tertiary/aromatic N) is 8. The Morgan fingerprint density at radius 2 is 1.82 bits per heavy atom.